The molecular weight excluding hydrogens is 400 g/mol. The van der Waals surface area contributed by atoms with E-state index in [4.69, 9.17) is 4.42 Å². The van der Waals surface area contributed by atoms with Crippen LogP contribution in [0.15, 0.2) is 59.2 Å². The minimum atomic E-state index is 0.413. The quantitative estimate of drug-likeness (QED) is 0.617. The lowest BCUT2D eigenvalue weighted by atomic mass is 10.0. The molecule has 1 atom stereocenters. The van der Waals surface area contributed by atoms with Crippen LogP contribution in [0, 0.1) is 0 Å². The SMILES string of the molecule is C=C(C/C=C1\C=c2c(=C)n(Br)c3cccc(c23)N2CCCC12)c1ccco1. The first-order valence-electron chi connectivity index (χ1n) is 9.34. The fourth-order valence-corrected chi connectivity index (χ4v) is 4.93. The van der Waals surface area contributed by atoms with Gasteiger partial charge in [-0.1, -0.05) is 25.3 Å². The highest BCUT2D eigenvalue weighted by atomic mass is 79.9. The van der Waals surface area contributed by atoms with Gasteiger partial charge in [-0.05, 0) is 60.8 Å². The number of furan rings is 1. The van der Waals surface area contributed by atoms with Crippen molar-refractivity contribution in [3.8, 4) is 0 Å². The fraction of sp³-hybridized carbons (Fsp3) is 0.217. The third-order valence-corrected chi connectivity index (χ3v) is 6.57. The molecular formula is C23H21BrN2O. The van der Waals surface area contributed by atoms with Gasteiger partial charge in [0, 0.05) is 22.8 Å². The van der Waals surface area contributed by atoms with Crippen LogP contribution < -0.4 is 15.5 Å². The molecule has 2 aliphatic heterocycles. The molecule has 1 saturated heterocycles. The molecule has 1 aromatic carbocycles. The van der Waals surface area contributed by atoms with Crippen LogP contribution in [0.2, 0.25) is 0 Å². The second-order valence-electron chi connectivity index (χ2n) is 7.30. The van der Waals surface area contributed by atoms with Gasteiger partial charge >= 0.3 is 0 Å². The Labute approximate surface area is 166 Å². The number of rotatable bonds is 3. The smallest absolute Gasteiger partial charge is 0.129 e. The van der Waals surface area contributed by atoms with Crippen molar-refractivity contribution in [1.82, 2.24) is 3.59 Å². The van der Waals surface area contributed by atoms with Crippen molar-refractivity contribution in [1.29, 1.82) is 0 Å². The highest BCUT2D eigenvalue weighted by Gasteiger charge is 2.31. The molecule has 0 bridgehead atoms. The summed E-state index contributed by atoms with van der Waals surface area (Å²) in [5, 5.41) is 3.50. The topological polar surface area (TPSA) is 21.3 Å². The van der Waals surface area contributed by atoms with Crippen molar-refractivity contribution in [2.45, 2.75) is 25.3 Å². The van der Waals surface area contributed by atoms with Crippen LogP contribution in [0.3, 0.4) is 0 Å². The number of allylic oxidation sites excluding steroid dienone is 2. The summed E-state index contributed by atoms with van der Waals surface area (Å²) in [6, 6.07) is 10.8. The number of benzene rings is 1. The van der Waals surface area contributed by atoms with E-state index in [1.54, 1.807) is 6.26 Å². The van der Waals surface area contributed by atoms with Crippen molar-refractivity contribution in [2.24, 2.45) is 0 Å². The molecule has 3 nitrogen and oxygen atoms in total. The van der Waals surface area contributed by atoms with Gasteiger partial charge in [-0.2, -0.15) is 0 Å². The van der Waals surface area contributed by atoms with Gasteiger partial charge in [0.05, 0.1) is 39.3 Å². The first-order chi connectivity index (χ1) is 13.1. The zero-order chi connectivity index (χ0) is 18.5. The van der Waals surface area contributed by atoms with E-state index in [2.05, 4.69) is 64.6 Å². The number of aromatic nitrogens is 1. The molecule has 1 fully saturated rings. The molecule has 0 spiro atoms. The first kappa shape index (κ1) is 16.7. The first-order valence-corrected chi connectivity index (χ1v) is 10.0. The maximum Gasteiger partial charge on any atom is 0.129 e. The molecule has 2 aliphatic rings. The van der Waals surface area contributed by atoms with E-state index in [-0.39, 0.29) is 0 Å². The predicted molar refractivity (Wildman–Crippen MR) is 116 cm³/mol. The third kappa shape index (κ3) is 2.54. The Kier molecular flexibility index (Phi) is 3.90. The summed E-state index contributed by atoms with van der Waals surface area (Å²) in [4.78, 5) is 2.56. The van der Waals surface area contributed by atoms with Crippen molar-refractivity contribution in [3.05, 3.63) is 71.2 Å². The normalized spacial score (nSPS) is 20.0. The lowest BCUT2D eigenvalue weighted by molar-refractivity contribution is 0.552. The van der Waals surface area contributed by atoms with E-state index < -0.39 is 0 Å². The highest BCUT2D eigenvalue weighted by molar-refractivity contribution is 9.08. The molecule has 0 N–H and O–H groups in total. The van der Waals surface area contributed by atoms with Crippen LogP contribution in [-0.2, 0) is 0 Å². The Morgan fingerprint density at radius 3 is 3.00 bits per heavy atom. The molecule has 1 unspecified atom stereocenters. The molecule has 0 aliphatic carbocycles. The second-order valence-corrected chi connectivity index (χ2v) is 8.01. The van der Waals surface area contributed by atoms with Crippen LogP contribution in [0.5, 0.6) is 0 Å². The number of hydrogen-bond donors (Lipinski definition) is 0. The fourth-order valence-electron chi connectivity index (χ4n) is 4.44. The van der Waals surface area contributed by atoms with E-state index in [1.165, 1.54) is 40.2 Å². The summed E-state index contributed by atoms with van der Waals surface area (Å²) >= 11 is 3.68. The Morgan fingerprint density at radius 1 is 1.30 bits per heavy atom. The van der Waals surface area contributed by atoms with E-state index in [0.717, 1.165) is 29.6 Å². The summed E-state index contributed by atoms with van der Waals surface area (Å²) in [6.07, 6.45) is 9.52. The molecule has 136 valence electrons. The van der Waals surface area contributed by atoms with Crippen LogP contribution in [0.1, 0.15) is 25.0 Å². The van der Waals surface area contributed by atoms with E-state index >= 15 is 0 Å². The Balaban J connectivity index is 1.67. The molecule has 0 radical (unpaired) electrons. The third-order valence-electron chi connectivity index (χ3n) is 5.76. The lowest BCUT2D eigenvalue weighted by Crippen LogP contribution is -2.29. The van der Waals surface area contributed by atoms with Gasteiger partial charge in [0.25, 0.3) is 0 Å². The molecule has 27 heavy (non-hydrogen) atoms. The minimum absolute atomic E-state index is 0.413. The number of anilines is 1. The van der Waals surface area contributed by atoms with Crippen molar-refractivity contribution in [2.75, 3.05) is 11.4 Å². The monoisotopic (exact) mass is 420 g/mol. The van der Waals surface area contributed by atoms with Crippen LogP contribution in [-0.4, -0.2) is 16.2 Å². The highest BCUT2D eigenvalue weighted by Crippen LogP contribution is 2.36. The zero-order valence-corrected chi connectivity index (χ0v) is 16.7. The van der Waals surface area contributed by atoms with Gasteiger partial charge in [-0.3, -0.25) is 3.59 Å². The van der Waals surface area contributed by atoms with Gasteiger partial charge < -0.3 is 9.32 Å². The van der Waals surface area contributed by atoms with Crippen molar-refractivity contribution < 1.29 is 4.42 Å². The van der Waals surface area contributed by atoms with Gasteiger partial charge in [0.2, 0.25) is 0 Å². The number of halogens is 1. The average Bonchev–Trinajstić information content (AvgIpc) is 3.40. The number of nitrogens with zero attached hydrogens (tertiary/aromatic N) is 2. The van der Waals surface area contributed by atoms with E-state index in [9.17, 15) is 0 Å². The molecule has 3 aromatic rings. The second kappa shape index (κ2) is 6.31. The van der Waals surface area contributed by atoms with Crippen LogP contribution in [0.25, 0.3) is 29.1 Å². The van der Waals surface area contributed by atoms with Crippen LogP contribution >= 0.6 is 16.1 Å². The Hall–Kier alpha value is -2.46. The summed E-state index contributed by atoms with van der Waals surface area (Å²) in [5.74, 6) is 0.860. The lowest BCUT2D eigenvalue weighted by Gasteiger charge is -2.27. The summed E-state index contributed by atoms with van der Waals surface area (Å²) in [7, 11) is 0. The maximum absolute atomic E-state index is 5.50. The largest absolute Gasteiger partial charge is 0.465 e. The molecule has 5 rings (SSSR count). The van der Waals surface area contributed by atoms with Crippen molar-refractivity contribution in [3.63, 3.8) is 0 Å². The maximum atomic E-state index is 5.50. The van der Waals surface area contributed by atoms with E-state index in [1.807, 2.05) is 15.7 Å². The zero-order valence-electron chi connectivity index (χ0n) is 15.1. The summed E-state index contributed by atoms with van der Waals surface area (Å²) < 4.78 is 7.52. The molecule has 0 saturated carbocycles. The average molecular weight is 421 g/mol. The van der Waals surface area contributed by atoms with Crippen LogP contribution in [0.4, 0.5) is 5.69 Å². The Morgan fingerprint density at radius 2 is 2.19 bits per heavy atom. The molecule has 4 heterocycles. The number of hydrogen-bond acceptors (Lipinski definition) is 2. The van der Waals surface area contributed by atoms with Gasteiger partial charge in [-0.25, -0.2) is 0 Å². The predicted octanol–water partition coefficient (Wildman–Crippen LogP) is 4.60. The Bertz CT molecular complexity index is 1180. The summed E-state index contributed by atoms with van der Waals surface area (Å²) in [6.45, 7) is 9.61. The van der Waals surface area contributed by atoms with E-state index in [0.29, 0.717) is 6.04 Å². The molecule has 2 aromatic heterocycles. The van der Waals surface area contributed by atoms with Gasteiger partial charge in [0.15, 0.2) is 0 Å². The molecule has 4 heteroatoms. The minimum Gasteiger partial charge on any atom is -0.465 e. The molecule has 0 amide bonds. The van der Waals surface area contributed by atoms with Crippen molar-refractivity contribution >= 4 is 51.0 Å². The summed E-state index contributed by atoms with van der Waals surface area (Å²) in [5.41, 5.74) is 4.85. The van der Waals surface area contributed by atoms with Gasteiger partial charge in [0.1, 0.15) is 5.76 Å². The number of fused-ring (bicyclic) bond motifs is 2. The standard InChI is InChI=1S/C23H21BrN2O/c1-15(22-9-5-13-27-22)10-11-17-14-18-16(2)26(24)21-7-3-6-20(23(18)21)25-12-4-8-19(17)25/h3,5-7,9,11,13-14,19H,1-2,4,8,10,12H2/b17-11+. The van der Waals surface area contributed by atoms with Gasteiger partial charge in [-0.15, -0.1) is 0 Å².